The van der Waals surface area contributed by atoms with E-state index in [9.17, 15) is 4.79 Å². The van der Waals surface area contributed by atoms with E-state index < -0.39 is 0 Å². The summed E-state index contributed by atoms with van der Waals surface area (Å²) in [6, 6.07) is 24.8. The molecule has 0 atom stereocenters. The first kappa shape index (κ1) is 14.7. The van der Waals surface area contributed by atoms with Crippen LogP contribution in [0.15, 0.2) is 72.8 Å². The second kappa shape index (κ2) is 6.32. The molecule has 0 saturated heterocycles. The summed E-state index contributed by atoms with van der Waals surface area (Å²) >= 11 is 0. The topological polar surface area (TPSA) is 20.3 Å². The number of nitrogens with zero attached hydrogens (tertiary/aromatic N) is 1. The van der Waals surface area contributed by atoms with Crippen molar-refractivity contribution in [1.82, 2.24) is 0 Å². The van der Waals surface area contributed by atoms with Gasteiger partial charge in [0.05, 0.1) is 0 Å². The zero-order valence-electron chi connectivity index (χ0n) is 13.5. The van der Waals surface area contributed by atoms with Gasteiger partial charge in [-0.25, -0.2) is 0 Å². The van der Waals surface area contributed by atoms with Gasteiger partial charge in [0.15, 0.2) is 0 Å². The largest absolute Gasteiger partial charge is 0.310 e. The van der Waals surface area contributed by atoms with Crippen molar-refractivity contribution >= 4 is 23.3 Å². The molecule has 0 aromatic heterocycles. The molecule has 3 aromatic carbocycles. The molecule has 0 N–H and O–H groups in total. The number of rotatable bonds is 4. The quantitative estimate of drug-likeness (QED) is 0.596. The van der Waals surface area contributed by atoms with Gasteiger partial charge in [0.2, 0.25) is 0 Å². The van der Waals surface area contributed by atoms with Gasteiger partial charge in [-0.2, -0.15) is 0 Å². The molecule has 2 nitrogen and oxygen atoms in total. The van der Waals surface area contributed by atoms with Crippen molar-refractivity contribution in [2.75, 3.05) is 4.90 Å². The standard InChI is InChI=1S/C22H19NO/c24-16-17-12-14-20(15-13-17)23(19-8-2-1-3-9-19)22-11-5-7-18-6-4-10-21(18)22/h1-3,5,7-9,11-16H,4,6,10H2. The first-order valence-electron chi connectivity index (χ1n) is 8.38. The summed E-state index contributed by atoms with van der Waals surface area (Å²) < 4.78 is 0. The van der Waals surface area contributed by atoms with E-state index in [0.717, 1.165) is 30.5 Å². The number of aldehydes is 1. The third-order valence-corrected chi connectivity index (χ3v) is 4.66. The molecule has 24 heavy (non-hydrogen) atoms. The normalized spacial score (nSPS) is 12.7. The lowest BCUT2D eigenvalue weighted by Crippen LogP contribution is -2.12. The first-order valence-corrected chi connectivity index (χ1v) is 8.38. The molecule has 1 aliphatic carbocycles. The van der Waals surface area contributed by atoms with Crippen LogP contribution in [0.5, 0.6) is 0 Å². The molecule has 118 valence electrons. The minimum atomic E-state index is 0.699. The van der Waals surface area contributed by atoms with Crippen molar-refractivity contribution in [1.29, 1.82) is 0 Å². The molecule has 0 unspecified atom stereocenters. The van der Waals surface area contributed by atoms with Gasteiger partial charge < -0.3 is 4.90 Å². The highest BCUT2D eigenvalue weighted by Crippen LogP contribution is 2.40. The van der Waals surface area contributed by atoms with Crippen LogP contribution < -0.4 is 4.90 Å². The van der Waals surface area contributed by atoms with Crippen molar-refractivity contribution in [3.63, 3.8) is 0 Å². The number of benzene rings is 3. The maximum atomic E-state index is 11.0. The van der Waals surface area contributed by atoms with Crippen LogP contribution >= 0.6 is 0 Å². The number of hydrogen-bond donors (Lipinski definition) is 0. The number of carbonyl (C=O) groups excluding carboxylic acids is 1. The van der Waals surface area contributed by atoms with Crippen LogP contribution in [0.4, 0.5) is 17.1 Å². The molecular weight excluding hydrogens is 294 g/mol. The molecule has 1 aliphatic rings. The summed E-state index contributed by atoms with van der Waals surface area (Å²) in [6.45, 7) is 0. The number of aryl methyl sites for hydroxylation is 1. The molecule has 0 aliphatic heterocycles. The molecule has 2 heteroatoms. The van der Waals surface area contributed by atoms with Crippen LogP contribution in [0.3, 0.4) is 0 Å². The van der Waals surface area contributed by atoms with E-state index in [1.165, 1.54) is 23.2 Å². The predicted octanol–water partition coefficient (Wildman–Crippen LogP) is 5.46. The summed E-state index contributed by atoms with van der Waals surface area (Å²) in [5.74, 6) is 0. The minimum Gasteiger partial charge on any atom is -0.310 e. The Labute approximate surface area is 142 Å². The van der Waals surface area contributed by atoms with Gasteiger partial charge in [0, 0.05) is 22.6 Å². The highest BCUT2D eigenvalue weighted by Gasteiger charge is 2.20. The lowest BCUT2D eigenvalue weighted by atomic mass is 10.1. The lowest BCUT2D eigenvalue weighted by molar-refractivity contribution is 0.112. The second-order valence-electron chi connectivity index (χ2n) is 6.15. The molecule has 4 rings (SSSR count). The van der Waals surface area contributed by atoms with Gasteiger partial charge in [0.1, 0.15) is 6.29 Å². The number of carbonyl (C=O) groups is 1. The van der Waals surface area contributed by atoms with Crippen molar-refractivity contribution in [2.45, 2.75) is 19.3 Å². The number of fused-ring (bicyclic) bond motifs is 1. The van der Waals surface area contributed by atoms with E-state index in [4.69, 9.17) is 0 Å². The van der Waals surface area contributed by atoms with E-state index in [1.807, 2.05) is 30.3 Å². The third kappa shape index (κ3) is 2.61. The summed E-state index contributed by atoms with van der Waals surface area (Å²) in [5, 5.41) is 0. The molecule has 0 spiro atoms. The van der Waals surface area contributed by atoms with E-state index in [2.05, 4.69) is 47.4 Å². The molecular formula is C22H19NO. The Morgan fingerprint density at radius 1 is 0.750 bits per heavy atom. The third-order valence-electron chi connectivity index (χ3n) is 4.66. The van der Waals surface area contributed by atoms with Crippen LogP contribution in [0.25, 0.3) is 0 Å². The van der Waals surface area contributed by atoms with E-state index in [1.54, 1.807) is 0 Å². The van der Waals surface area contributed by atoms with Crippen LogP contribution in [0.1, 0.15) is 27.9 Å². The Hall–Kier alpha value is -2.87. The van der Waals surface area contributed by atoms with E-state index >= 15 is 0 Å². The van der Waals surface area contributed by atoms with E-state index in [-0.39, 0.29) is 0 Å². The zero-order chi connectivity index (χ0) is 16.4. The van der Waals surface area contributed by atoms with Gasteiger partial charge in [-0.3, -0.25) is 4.79 Å². The van der Waals surface area contributed by atoms with Gasteiger partial charge in [-0.15, -0.1) is 0 Å². The average molecular weight is 313 g/mol. The summed E-state index contributed by atoms with van der Waals surface area (Å²) in [7, 11) is 0. The molecule has 0 radical (unpaired) electrons. The Morgan fingerprint density at radius 2 is 1.50 bits per heavy atom. The Kier molecular flexibility index (Phi) is 3.87. The van der Waals surface area contributed by atoms with Crippen molar-refractivity contribution in [3.05, 3.63) is 89.5 Å². The van der Waals surface area contributed by atoms with Crippen LogP contribution in [0, 0.1) is 0 Å². The molecule has 0 saturated carbocycles. The SMILES string of the molecule is O=Cc1ccc(N(c2ccccc2)c2cccc3c2CCC3)cc1. The van der Waals surface area contributed by atoms with Crippen LogP contribution in [0.2, 0.25) is 0 Å². The fourth-order valence-corrected chi connectivity index (χ4v) is 3.52. The Morgan fingerprint density at radius 3 is 2.25 bits per heavy atom. The minimum absolute atomic E-state index is 0.699. The molecule has 0 amide bonds. The highest BCUT2D eigenvalue weighted by atomic mass is 16.1. The van der Waals surface area contributed by atoms with Gasteiger partial charge in [0.25, 0.3) is 0 Å². The second-order valence-corrected chi connectivity index (χ2v) is 6.15. The highest BCUT2D eigenvalue weighted by molar-refractivity contribution is 5.81. The Bertz CT molecular complexity index is 853. The fourth-order valence-electron chi connectivity index (χ4n) is 3.52. The van der Waals surface area contributed by atoms with Crippen LogP contribution in [-0.2, 0) is 12.8 Å². The predicted molar refractivity (Wildman–Crippen MR) is 98.5 cm³/mol. The van der Waals surface area contributed by atoms with Gasteiger partial charge in [-0.1, -0.05) is 30.3 Å². The van der Waals surface area contributed by atoms with E-state index in [0.29, 0.717) is 5.56 Å². The average Bonchev–Trinajstić information content (AvgIpc) is 3.13. The summed E-state index contributed by atoms with van der Waals surface area (Å²) in [5.41, 5.74) is 7.06. The monoisotopic (exact) mass is 313 g/mol. The van der Waals surface area contributed by atoms with Crippen molar-refractivity contribution < 1.29 is 4.79 Å². The molecule has 3 aromatic rings. The number of anilines is 3. The van der Waals surface area contributed by atoms with Gasteiger partial charge >= 0.3 is 0 Å². The maximum Gasteiger partial charge on any atom is 0.150 e. The van der Waals surface area contributed by atoms with Crippen molar-refractivity contribution in [2.24, 2.45) is 0 Å². The summed E-state index contributed by atoms with van der Waals surface area (Å²) in [6.07, 6.45) is 4.40. The smallest absolute Gasteiger partial charge is 0.150 e. The maximum absolute atomic E-state index is 11.0. The molecule has 0 bridgehead atoms. The number of para-hydroxylation sites is 1. The van der Waals surface area contributed by atoms with Gasteiger partial charge in [-0.05, 0) is 72.9 Å². The summed E-state index contributed by atoms with van der Waals surface area (Å²) in [4.78, 5) is 13.3. The molecule has 0 heterocycles. The fraction of sp³-hybridized carbons (Fsp3) is 0.136. The molecule has 0 fully saturated rings. The lowest BCUT2D eigenvalue weighted by Gasteiger charge is -2.27. The zero-order valence-corrected chi connectivity index (χ0v) is 13.5. The van der Waals surface area contributed by atoms with Crippen LogP contribution in [-0.4, -0.2) is 6.29 Å². The van der Waals surface area contributed by atoms with Crippen molar-refractivity contribution in [3.8, 4) is 0 Å². The first-order chi connectivity index (χ1) is 11.9. The Balaban J connectivity index is 1.88. The number of hydrogen-bond acceptors (Lipinski definition) is 2.